The van der Waals surface area contributed by atoms with E-state index in [9.17, 15) is 5.11 Å². The molecular weight excluding hydrogens is 297 g/mol. The number of hydrogen-bond donors (Lipinski definition) is 2. The summed E-state index contributed by atoms with van der Waals surface area (Å²) < 4.78 is 11.0. The van der Waals surface area contributed by atoms with Crippen molar-refractivity contribution in [1.82, 2.24) is 0 Å². The highest BCUT2D eigenvalue weighted by Crippen LogP contribution is 2.35. The molecule has 0 bridgehead atoms. The zero-order chi connectivity index (χ0) is 11.4. The second-order valence-corrected chi connectivity index (χ2v) is 3.83. The van der Waals surface area contributed by atoms with Gasteiger partial charge in [0.1, 0.15) is 11.5 Å². The standard InChI is InChI=1S/C10H14BrNO3.ClH/c1-14-9-4-7(11)10(15-2)3-6(9)8(13)5-12;/h3-4,8,13H,5,12H2,1-2H3;1H. The quantitative estimate of drug-likeness (QED) is 0.891. The maximum atomic E-state index is 9.68. The van der Waals surface area contributed by atoms with E-state index in [1.165, 1.54) is 0 Å². The van der Waals surface area contributed by atoms with Crippen LogP contribution < -0.4 is 15.2 Å². The molecule has 16 heavy (non-hydrogen) atoms. The van der Waals surface area contributed by atoms with Gasteiger partial charge in [-0.05, 0) is 28.1 Å². The van der Waals surface area contributed by atoms with Crippen molar-refractivity contribution >= 4 is 28.3 Å². The Kier molecular flexibility index (Phi) is 6.74. The average Bonchev–Trinajstić information content (AvgIpc) is 2.27. The van der Waals surface area contributed by atoms with Crippen molar-refractivity contribution in [3.05, 3.63) is 22.2 Å². The van der Waals surface area contributed by atoms with Crippen LogP contribution in [0, 0.1) is 0 Å². The van der Waals surface area contributed by atoms with Gasteiger partial charge in [0, 0.05) is 12.1 Å². The van der Waals surface area contributed by atoms with E-state index in [4.69, 9.17) is 15.2 Å². The molecule has 4 nitrogen and oxygen atoms in total. The Morgan fingerprint density at radius 2 is 1.88 bits per heavy atom. The molecule has 0 aromatic heterocycles. The third-order valence-corrected chi connectivity index (χ3v) is 2.71. The summed E-state index contributed by atoms with van der Waals surface area (Å²) in [7, 11) is 3.10. The summed E-state index contributed by atoms with van der Waals surface area (Å²) in [6.45, 7) is 0.140. The number of aliphatic hydroxyl groups is 1. The molecule has 0 aliphatic carbocycles. The van der Waals surface area contributed by atoms with Gasteiger partial charge in [-0.15, -0.1) is 12.4 Å². The van der Waals surface area contributed by atoms with Crippen molar-refractivity contribution in [1.29, 1.82) is 0 Å². The van der Waals surface area contributed by atoms with Crippen LogP contribution in [0.5, 0.6) is 11.5 Å². The Morgan fingerprint density at radius 3 is 2.31 bits per heavy atom. The number of nitrogens with two attached hydrogens (primary N) is 1. The predicted molar refractivity (Wildman–Crippen MR) is 68.5 cm³/mol. The Balaban J connectivity index is 0.00000225. The molecule has 0 spiro atoms. The van der Waals surface area contributed by atoms with E-state index in [1.807, 2.05) is 0 Å². The number of benzene rings is 1. The van der Waals surface area contributed by atoms with Crippen molar-refractivity contribution in [3.8, 4) is 11.5 Å². The third kappa shape index (κ3) is 3.25. The monoisotopic (exact) mass is 311 g/mol. The first kappa shape index (κ1) is 15.5. The van der Waals surface area contributed by atoms with Gasteiger partial charge >= 0.3 is 0 Å². The molecule has 3 N–H and O–H groups in total. The normalized spacial score (nSPS) is 11.6. The second-order valence-electron chi connectivity index (χ2n) is 2.98. The van der Waals surface area contributed by atoms with Crippen molar-refractivity contribution in [2.45, 2.75) is 6.10 Å². The molecule has 1 aromatic carbocycles. The average molecular weight is 313 g/mol. The topological polar surface area (TPSA) is 64.7 Å². The van der Waals surface area contributed by atoms with Crippen LogP contribution in [0.3, 0.4) is 0 Å². The SMILES string of the molecule is COc1cc(C(O)CN)c(OC)cc1Br.Cl. The van der Waals surface area contributed by atoms with Crippen LogP contribution in [0.4, 0.5) is 0 Å². The number of methoxy groups -OCH3 is 2. The first-order chi connectivity index (χ1) is 7.13. The zero-order valence-electron chi connectivity index (χ0n) is 9.07. The lowest BCUT2D eigenvalue weighted by atomic mass is 10.1. The number of rotatable bonds is 4. The minimum Gasteiger partial charge on any atom is -0.496 e. The van der Waals surface area contributed by atoms with E-state index < -0.39 is 6.10 Å². The molecule has 0 heterocycles. The van der Waals surface area contributed by atoms with Gasteiger partial charge in [0.15, 0.2) is 0 Å². The van der Waals surface area contributed by atoms with E-state index in [0.29, 0.717) is 17.1 Å². The Hall–Kier alpha value is -0.490. The molecule has 0 saturated heterocycles. The van der Waals surface area contributed by atoms with Crippen LogP contribution >= 0.6 is 28.3 Å². The largest absolute Gasteiger partial charge is 0.496 e. The predicted octanol–water partition coefficient (Wildman–Crippen LogP) is 1.88. The van der Waals surface area contributed by atoms with Gasteiger partial charge in [-0.2, -0.15) is 0 Å². The lowest BCUT2D eigenvalue weighted by Crippen LogP contribution is -2.12. The highest BCUT2D eigenvalue weighted by molar-refractivity contribution is 9.10. The van der Waals surface area contributed by atoms with Gasteiger partial charge in [0.05, 0.1) is 24.8 Å². The fourth-order valence-electron chi connectivity index (χ4n) is 1.27. The summed E-state index contributed by atoms with van der Waals surface area (Å²) in [4.78, 5) is 0. The van der Waals surface area contributed by atoms with E-state index in [-0.39, 0.29) is 19.0 Å². The van der Waals surface area contributed by atoms with Crippen LogP contribution in [-0.2, 0) is 0 Å². The minimum atomic E-state index is -0.748. The smallest absolute Gasteiger partial charge is 0.133 e. The van der Waals surface area contributed by atoms with Gasteiger partial charge in [0.2, 0.25) is 0 Å². The Bertz CT molecular complexity index is 349. The van der Waals surface area contributed by atoms with Gasteiger partial charge in [-0.3, -0.25) is 0 Å². The molecule has 1 aromatic rings. The second kappa shape index (κ2) is 6.96. The van der Waals surface area contributed by atoms with Crippen LogP contribution in [-0.4, -0.2) is 25.9 Å². The molecule has 0 saturated carbocycles. The van der Waals surface area contributed by atoms with Gasteiger partial charge in [-0.1, -0.05) is 0 Å². The molecule has 1 rings (SSSR count). The van der Waals surface area contributed by atoms with Crippen molar-refractivity contribution < 1.29 is 14.6 Å². The molecule has 0 aliphatic rings. The number of halogens is 2. The molecule has 0 amide bonds. The summed E-state index contributed by atoms with van der Waals surface area (Å²) in [6, 6.07) is 3.45. The van der Waals surface area contributed by atoms with E-state index in [0.717, 1.165) is 4.47 Å². The molecule has 6 heteroatoms. The minimum absolute atomic E-state index is 0. The number of hydrogen-bond acceptors (Lipinski definition) is 4. The highest BCUT2D eigenvalue weighted by atomic mass is 79.9. The summed E-state index contributed by atoms with van der Waals surface area (Å²) in [6.07, 6.45) is -0.748. The molecular formula is C10H15BrClNO3. The summed E-state index contributed by atoms with van der Waals surface area (Å²) in [5.41, 5.74) is 6.02. The van der Waals surface area contributed by atoms with Crippen LogP contribution in [0.1, 0.15) is 11.7 Å². The van der Waals surface area contributed by atoms with Gasteiger partial charge in [0.25, 0.3) is 0 Å². The Labute approximate surface area is 109 Å². The van der Waals surface area contributed by atoms with Crippen molar-refractivity contribution in [2.24, 2.45) is 5.73 Å². The summed E-state index contributed by atoms with van der Waals surface area (Å²) in [5, 5.41) is 9.68. The van der Waals surface area contributed by atoms with Crippen LogP contribution in [0.15, 0.2) is 16.6 Å². The Morgan fingerprint density at radius 1 is 1.31 bits per heavy atom. The van der Waals surface area contributed by atoms with Crippen LogP contribution in [0.2, 0.25) is 0 Å². The first-order valence-corrected chi connectivity index (χ1v) is 5.22. The zero-order valence-corrected chi connectivity index (χ0v) is 11.5. The van der Waals surface area contributed by atoms with Gasteiger partial charge in [-0.25, -0.2) is 0 Å². The summed E-state index contributed by atoms with van der Waals surface area (Å²) in [5.74, 6) is 1.22. The maximum absolute atomic E-state index is 9.68. The fraction of sp³-hybridized carbons (Fsp3) is 0.400. The molecule has 0 radical (unpaired) electrons. The molecule has 0 aliphatic heterocycles. The third-order valence-electron chi connectivity index (χ3n) is 2.09. The molecule has 1 atom stereocenters. The van der Waals surface area contributed by atoms with E-state index in [1.54, 1.807) is 26.4 Å². The lowest BCUT2D eigenvalue weighted by molar-refractivity contribution is 0.181. The number of ether oxygens (including phenoxy) is 2. The first-order valence-electron chi connectivity index (χ1n) is 4.43. The van der Waals surface area contributed by atoms with Gasteiger partial charge < -0.3 is 20.3 Å². The van der Waals surface area contributed by atoms with E-state index in [2.05, 4.69) is 15.9 Å². The van der Waals surface area contributed by atoms with Crippen molar-refractivity contribution in [2.75, 3.05) is 20.8 Å². The van der Waals surface area contributed by atoms with E-state index >= 15 is 0 Å². The lowest BCUT2D eigenvalue weighted by Gasteiger charge is -2.15. The molecule has 0 fully saturated rings. The highest BCUT2D eigenvalue weighted by Gasteiger charge is 2.15. The van der Waals surface area contributed by atoms with Crippen molar-refractivity contribution in [3.63, 3.8) is 0 Å². The number of aliphatic hydroxyl groups excluding tert-OH is 1. The maximum Gasteiger partial charge on any atom is 0.133 e. The summed E-state index contributed by atoms with van der Waals surface area (Å²) >= 11 is 3.34. The molecule has 92 valence electrons. The van der Waals surface area contributed by atoms with Crippen LogP contribution in [0.25, 0.3) is 0 Å². The molecule has 1 unspecified atom stereocenters. The fourth-order valence-corrected chi connectivity index (χ4v) is 1.76.